The number of carbonyl (C=O) groups is 1. The van der Waals surface area contributed by atoms with E-state index in [0.29, 0.717) is 11.5 Å². The van der Waals surface area contributed by atoms with E-state index in [1.165, 1.54) is 25.7 Å². The van der Waals surface area contributed by atoms with Crippen LogP contribution in [0.25, 0.3) is 0 Å². The van der Waals surface area contributed by atoms with Gasteiger partial charge in [0.25, 0.3) is 0 Å². The number of hydrogen-bond acceptors (Lipinski definition) is 2. The zero-order valence-electron chi connectivity index (χ0n) is 9.95. The summed E-state index contributed by atoms with van der Waals surface area (Å²) in [7, 11) is 0. The molecule has 0 spiro atoms. The van der Waals surface area contributed by atoms with E-state index in [0.717, 1.165) is 24.2 Å². The average molecular weight is 220 g/mol. The monoisotopic (exact) mass is 220 g/mol. The van der Waals surface area contributed by atoms with Gasteiger partial charge in [0.05, 0.1) is 0 Å². The fourth-order valence-electron chi connectivity index (χ4n) is 4.39. The van der Waals surface area contributed by atoms with Gasteiger partial charge in [0.1, 0.15) is 6.10 Å². The number of hydrogen-bond donors (Lipinski definition) is 0. The number of esters is 1. The van der Waals surface area contributed by atoms with E-state index in [-0.39, 0.29) is 12.1 Å². The van der Waals surface area contributed by atoms with Gasteiger partial charge in [-0.2, -0.15) is 0 Å². The van der Waals surface area contributed by atoms with Crippen LogP contribution in [-0.2, 0) is 9.53 Å². The third kappa shape index (κ3) is 1.42. The second-order valence-electron chi connectivity index (χ2n) is 5.88. The first-order chi connectivity index (χ1) is 7.66. The summed E-state index contributed by atoms with van der Waals surface area (Å²) in [5.41, 5.74) is 0.534. The minimum absolute atomic E-state index is 0.187. The highest BCUT2D eigenvalue weighted by Crippen LogP contribution is 2.59. The molecule has 3 fully saturated rings. The van der Waals surface area contributed by atoms with E-state index in [1.54, 1.807) is 6.92 Å². The maximum Gasteiger partial charge on any atom is 0.333 e. The van der Waals surface area contributed by atoms with E-state index in [4.69, 9.17) is 4.74 Å². The van der Waals surface area contributed by atoms with Crippen molar-refractivity contribution in [3.8, 4) is 0 Å². The molecule has 3 aliphatic rings. The number of ether oxygens (including phenoxy) is 1. The smallest absolute Gasteiger partial charge is 0.333 e. The maximum atomic E-state index is 11.6. The van der Waals surface area contributed by atoms with Crippen LogP contribution in [0.4, 0.5) is 0 Å². The van der Waals surface area contributed by atoms with Crippen molar-refractivity contribution < 1.29 is 9.53 Å². The highest BCUT2D eigenvalue weighted by atomic mass is 16.5. The second-order valence-corrected chi connectivity index (χ2v) is 5.88. The molecule has 3 saturated carbocycles. The van der Waals surface area contributed by atoms with Gasteiger partial charge in [0, 0.05) is 11.5 Å². The summed E-state index contributed by atoms with van der Waals surface area (Å²) >= 11 is 0. The molecular weight excluding hydrogens is 200 g/mol. The molecule has 0 saturated heterocycles. The first-order valence-corrected chi connectivity index (χ1v) is 6.53. The van der Waals surface area contributed by atoms with E-state index in [9.17, 15) is 4.79 Å². The van der Waals surface area contributed by atoms with Gasteiger partial charge in [-0.3, -0.25) is 0 Å². The fourth-order valence-corrected chi connectivity index (χ4v) is 4.39. The minimum atomic E-state index is -0.187. The van der Waals surface area contributed by atoms with Crippen molar-refractivity contribution in [2.45, 2.75) is 45.1 Å². The van der Waals surface area contributed by atoms with Crippen molar-refractivity contribution in [3.63, 3.8) is 0 Å². The predicted molar refractivity (Wildman–Crippen MR) is 61.7 cm³/mol. The Morgan fingerprint density at radius 3 is 2.69 bits per heavy atom. The van der Waals surface area contributed by atoms with Crippen LogP contribution in [0, 0.1) is 23.7 Å². The molecule has 0 aromatic rings. The second kappa shape index (κ2) is 3.61. The summed E-state index contributed by atoms with van der Waals surface area (Å²) in [5, 5.41) is 0. The normalized spacial score (nSPS) is 44.4. The van der Waals surface area contributed by atoms with Gasteiger partial charge in [-0.15, -0.1) is 0 Å². The van der Waals surface area contributed by atoms with Crippen LogP contribution in [0.15, 0.2) is 12.2 Å². The zero-order chi connectivity index (χ0) is 11.3. The molecule has 2 heteroatoms. The molecule has 0 radical (unpaired) electrons. The number of rotatable bonds is 2. The standard InChI is InChI=1S/C14H20O2/c1-8(2)14(15)16-12-6-5-11-9-3-4-10(7-9)13(11)12/h9-13H,1,3-7H2,2H3. The van der Waals surface area contributed by atoms with Gasteiger partial charge in [0.15, 0.2) is 0 Å². The van der Waals surface area contributed by atoms with E-state index >= 15 is 0 Å². The van der Waals surface area contributed by atoms with Crippen LogP contribution in [0.3, 0.4) is 0 Å². The molecule has 5 atom stereocenters. The third-order valence-electron chi connectivity index (χ3n) is 4.98. The Hall–Kier alpha value is -0.790. The Labute approximate surface area is 97.1 Å². The lowest BCUT2D eigenvalue weighted by molar-refractivity contribution is -0.147. The molecule has 3 rings (SSSR count). The lowest BCUT2D eigenvalue weighted by atomic mass is 9.81. The van der Waals surface area contributed by atoms with Gasteiger partial charge in [-0.05, 0) is 56.8 Å². The van der Waals surface area contributed by atoms with Crippen molar-refractivity contribution in [2.75, 3.05) is 0 Å². The summed E-state index contributed by atoms with van der Waals surface area (Å²) in [5.74, 6) is 3.15. The Morgan fingerprint density at radius 1 is 1.19 bits per heavy atom. The Kier molecular flexibility index (Phi) is 2.34. The SMILES string of the molecule is C=C(C)C(=O)OC1CCC2C3CCC(C3)C12. The van der Waals surface area contributed by atoms with Crippen LogP contribution in [-0.4, -0.2) is 12.1 Å². The molecule has 0 N–H and O–H groups in total. The lowest BCUT2D eigenvalue weighted by Gasteiger charge is -2.28. The largest absolute Gasteiger partial charge is 0.459 e. The van der Waals surface area contributed by atoms with Gasteiger partial charge in [-0.1, -0.05) is 6.58 Å². The maximum absolute atomic E-state index is 11.6. The summed E-state index contributed by atoms with van der Waals surface area (Å²) < 4.78 is 5.60. The predicted octanol–water partition coefficient (Wildman–Crippen LogP) is 2.93. The lowest BCUT2D eigenvalue weighted by Crippen LogP contribution is -2.29. The first kappa shape index (κ1) is 10.4. The molecule has 0 amide bonds. The molecule has 5 unspecified atom stereocenters. The highest BCUT2D eigenvalue weighted by Gasteiger charge is 2.54. The molecule has 0 aromatic heterocycles. The zero-order valence-corrected chi connectivity index (χ0v) is 9.95. The Balaban J connectivity index is 1.70. The molecule has 16 heavy (non-hydrogen) atoms. The van der Waals surface area contributed by atoms with Crippen molar-refractivity contribution in [1.29, 1.82) is 0 Å². The average Bonchev–Trinajstić information content (AvgIpc) is 2.88. The molecular formula is C14H20O2. The molecule has 0 aliphatic heterocycles. The van der Waals surface area contributed by atoms with Crippen molar-refractivity contribution >= 4 is 5.97 Å². The molecule has 2 nitrogen and oxygen atoms in total. The van der Waals surface area contributed by atoms with Gasteiger partial charge in [-0.25, -0.2) is 4.79 Å². The quantitative estimate of drug-likeness (QED) is 0.528. The molecule has 88 valence electrons. The van der Waals surface area contributed by atoms with E-state index in [2.05, 4.69) is 6.58 Å². The van der Waals surface area contributed by atoms with Crippen molar-refractivity contribution in [3.05, 3.63) is 12.2 Å². The Bertz CT molecular complexity index is 334. The van der Waals surface area contributed by atoms with Gasteiger partial charge in [0.2, 0.25) is 0 Å². The first-order valence-electron chi connectivity index (χ1n) is 6.53. The number of carbonyl (C=O) groups excluding carboxylic acids is 1. The summed E-state index contributed by atoms with van der Waals surface area (Å²) in [6, 6.07) is 0. The van der Waals surface area contributed by atoms with Crippen LogP contribution in [0.2, 0.25) is 0 Å². The Morgan fingerprint density at radius 2 is 1.94 bits per heavy atom. The van der Waals surface area contributed by atoms with Gasteiger partial charge >= 0.3 is 5.97 Å². The fraction of sp³-hybridized carbons (Fsp3) is 0.786. The molecule has 3 aliphatic carbocycles. The highest BCUT2D eigenvalue weighted by molar-refractivity contribution is 5.87. The van der Waals surface area contributed by atoms with Gasteiger partial charge < -0.3 is 4.74 Å². The van der Waals surface area contributed by atoms with Crippen LogP contribution < -0.4 is 0 Å². The van der Waals surface area contributed by atoms with Crippen molar-refractivity contribution in [2.24, 2.45) is 23.7 Å². The van der Waals surface area contributed by atoms with Crippen molar-refractivity contribution in [1.82, 2.24) is 0 Å². The van der Waals surface area contributed by atoms with E-state index < -0.39 is 0 Å². The van der Waals surface area contributed by atoms with Crippen LogP contribution in [0.1, 0.15) is 39.0 Å². The minimum Gasteiger partial charge on any atom is -0.459 e. The third-order valence-corrected chi connectivity index (χ3v) is 4.98. The van der Waals surface area contributed by atoms with E-state index in [1.807, 2.05) is 0 Å². The topological polar surface area (TPSA) is 26.3 Å². The van der Waals surface area contributed by atoms with Crippen LogP contribution in [0.5, 0.6) is 0 Å². The summed E-state index contributed by atoms with van der Waals surface area (Å²) in [6.07, 6.45) is 6.75. The molecule has 0 aromatic carbocycles. The van der Waals surface area contributed by atoms with Crippen LogP contribution >= 0.6 is 0 Å². The molecule has 0 heterocycles. The molecule has 2 bridgehead atoms. The summed E-state index contributed by atoms with van der Waals surface area (Å²) in [6.45, 7) is 5.39. The number of fused-ring (bicyclic) bond motifs is 5. The summed E-state index contributed by atoms with van der Waals surface area (Å²) in [4.78, 5) is 11.6.